The summed E-state index contributed by atoms with van der Waals surface area (Å²) in [6.45, 7) is 5.46. The molecule has 1 atom stereocenters. The van der Waals surface area contributed by atoms with Crippen LogP contribution in [0.3, 0.4) is 0 Å². The van der Waals surface area contributed by atoms with E-state index >= 15 is 0 Å². The van der Waals surface area contributed by atoms with Crippen molar-refractivity contribution in [3.63, 3.8) is 0 Å². The van der Waals surface area contributed by atoms with Crippen molar-refractivity contribution in [1.82, 2.24) is 5.32 Å². The molecule has 0 bridgehead atoms. The van der Waals surface area contributed by atoms with Crippen LogP contribution in [0.15, 0.2) is 42.5 Å². The van der Waals surface area contributed by atoms with E-state index in [1.807, 2.05) is 39.0 Å². The number of anilines is 1. The molecule has 2 aromatic rings. The third kappa shape index (κ3) is 5.05. The average molecular weight is 378 g/mol. The number of nitrogens with one attached hydrogen (secondary N) is 1. The van der Waals surface area contributed by atoms with Gasteiger partial charge in [0.2, 0.25) is 15.9 Å². The van der Waals surface area contributed by atoms with E-state index in [9.17, 15) is 17.6 Å². The molecular weight excluding hydrogens is 355 g/mol. The summed E-state index contributed by atoms with van der Waals surface area (Å²) >= 11 is 0. The summed E-state index contributed by atoms with van der Waals surface area (Å²) in [6.07, 6.45) is 1.01. The van der Waals surface area contributed by atoms with Gasteiger partial charge in [-0.3, -0.25) is 9.10 Å². The van der Waals surface area contributed by atoms with E-state index in [2.05, 4.69) is 5.32 Å². The van der Waals surface area contributed by atoms with Crippen molar-refractivity contribution < 1.29 is 17.6 Å². The van der Waals surface area contributed by atoms with E-state index in [1.54, 1.807) is 0 Å². The van der Waals surface area contributed by atoms with Crippen molar-refractivity contribution in [1.29, 1.82) is 0 Å². The number of benzene rings is 2. The first-order valence-electron chi connectivity index (χ1n) is 8.17. The van der Waals surface area contributed by atoms with Crippen LogP contribution in [-0.2, 0) is 14.8 Å². The van der Waals surface area contributed by atoms with Gasteiger partial charge in [0.1, 0.15) is 12.4 Å². The Hall–Kier alpha value is -2.41. The van der Waals surface area contributed by atoms with Gasteiger partial charge in [-0.1, -0.05) is 18.2 Å². The number of carbonyl (C=O) groups is 1. The van der Waals surface area contributed by atoms with E-state index in [0.717, 1.165) is 39.4 Å². The van der Waals surface area contributed by atoms with Crippen molar-refractivity contribution in [3.05, 3.63) is 65.0 Å². The first-order valence-corrected chi connectivity index (χ1v) is 10.0. The molecule has 0 saturated heterocycles. The van der Waals surface area contributed by atoms with Gasteiger partial charge in [0.15, 0.2) is 0 Å². The summed E-state index contributed by atoms with van der Waals surface area (Å²) in [6, 6.07) is 10.6. The van der Waals surface area contributed by atoms with Crippen LogP contribution in [0.25, 0.3) is 0 Å². The highest BCUT2D eigenvalue weighted by atomic mass is 32.2. The van der Waals surface area contributed by atoms with Gasteiger partial charge in [-0.25, -0.2) is 12.8 Å². The highest BCUT2D eigenvalue weighted by Crippen LogP contribution is 2.19. The Labute approximate surface area is 153 Å². The topological polar surface area (TPSA) is 66.5 Å². The van der Waals surface area contributed by atoms with Crippen LogP contribution in [0.4, 0.5) is 10.1 Å². The van der Waals surface area contributed by atoms with Gasteiger partial charge >= 0.3 is 0 Å². The molecule has 140 valence electrons. The first-order chi connectivity index (χ1) is 12.1. The highest BCUT2D eigenvalue weighted by molar-refractivity contribution is 7.92. The van der Waals surface area contributed by atoms with E-state index in [0.29, 0.717) is 0 Å². The molecule has 0 heterocycles. The normalized spacial score (nSPS) is 12.5. The maximum absolute atomic E-state index is 13.1. The molecule has 0 aromatic heterocycles. The Morgan fingerprint density at radius 3 is 2.27 bits per heavy atom. The van der Waals surface area contributed by atoms with E-state index in [4.69, 9.17) is 0 Å². The number of aryl methyl sites for hydroxylation is 2. The lowest BCUT2D eigenvalue weighted by Crippen LogP contribution is -2.41. The molecule has 0 aliphatic rings. The fraction of sp³-hybridized carbons (Fsp3) is 0.316. The van der Waals surface area contributed by atoms with Crippen LogP contribution in [0.5, 0.6) is 0 Å². The zero-order valence-electron chi connectivity index (χ0n) is 15.3. The average Bonchev–Trinajstić information content (AvgIpc) is 2.55. The Morgan fingerprint density at radius 1 is 1.12 bits per heavy atom. The quantitative estimate of drug-likeness (QED) is 0.840. The molecule has 0 radical (unpaired) electrons. The molecule has 0 aliphatic carbocycles. The summed E-state index contributed by atoms with van der Waals surface area (Å²) in [5, 5.41) is 2.81. The summed E-state index contributed by atoms with van der Waals surface area (Å²) in [5.74, 6) is -0.916. The SMILES string of the molecule is Cc1ccc([C@H](C)NC(=O)CN(c2ccc(F)cc2)S(C)(=O)=O)cc1C. The molecule has 2 rings (SSSR count). The molecular formula is C19H23FN2O3S. The minimum absolute atomic E-state index is 0.239. The molecule has 1 amide bonds. The number of hydrogen-bond donors (Lipinski definition) is 1. The predicted molar refractivity (Wildman–Crippen MR) is 101 cm³/mol. The molecule has 2 aromatic carbocycles. The van der Waals surface area contributed by atoms with Crippen LogP contribution in [0, 0.1) is 19.7 Å². The third-order valence-corrected chi connectivity index (χ3v) is 5.35. The predicted octanol–water partition coefficient (Wildman–Crippen LogP) is 3.09. The number of rotatable bonds is 6. The van der Waals surface area contributed by atoms with E-state index in [1.165, 1.54) is 12.1 Å². The molecule has 0 spiro atoms. The summed E-state index contributed by atoms with van der Waals surface area (Å²) < 4.78 is 38.1. The molecule has 0 saturated carbocycles. The summed E-state index contributed by atoms with van der Waals surface area (Å²) in [5.41, 5.74) is 3.46. The Balaban J connectivity index is 2.14. The fourth-order valence-electron chi connectivity index (χ4n) is 2.54. The smallest absolute Gasteiger partial charge is 0.241 e. The van der Waals surface area contributed by atoms with Gasteiger partial charge < -0.3 is 5.32 Å². The second kappa shape index (κ2) is 7.86. The van der Waals surface area contributed by atoms with Crippen molar-refractivity contribution in [2.45, 2.75) is 26.8 Å². The fourth-order valence-corrected chi connectivity index (χ4v) is 3.40. The maximum atomic E-state index is 13.1. The van der Waals surface area contributed by atoms with Gasteiger partial charge in [-0.15, -0.1) is 0 Å². The zero-order chi connectivity index (χ0) is 19.5. The van der Waals surface area contributed by atoms with Gasteiger partial charge in [0.25, 0.3) is 0 Å². The monoisotopic (exact) mass is 378 g/mol. The Morgan fingerprint density at radius 2 is 1.73 bits per heavy atom. The van der Waals surface area contributed by atoms with Crippen LogP contribution >= 0.6 is 0 Å². The zero-order valence-corrected chi connectivity index (χ0v) is 16.1. The van der Waals surface area contributed by atoms with Crippen LogP contribution in [0.2, 0.25) is 0 Å². The minimum Gasteiger partial charge on any atom is -0.348 e. The number of hydrogen-bond acceptors (Lipinski definition) is 3. The molecule has 7 heteroatoms. The molecule has 5 nitrogen and oxygen atoms in total. The third-order valence-electron chi connectivity index (χ3n) is 4.21. The lowest BCUT2D eigenvalue weighted by atomic mass is 10.0. The maximum Gasteiger partial charge on any atom is 0.241 e. The summed E-state index contributed by atoms with van der Waals surface area (Å²) in [7, 11) is -3.69. The van der Waals surface area contributed by atoms with Crippen LogP contribution < -0.4 is 9.62 Å². The van der Waals surface area contributed by atoms with Gasteiger partial charge in [0.05, 0.1) is 18.0 Å². The number of carbonyl (C=O) groups excluding carboxylic acids is 1. The van der Waals surface area contributed by atoms with Crippen LogP contribution in [0.1, 0.15) is 29.7 Å². The lowest BCUT2D eigenvalue weighted by molar-refractivity contribution is -0.120. The summed E-state index contributed by atoms with van der Waals surface area (Å²) in [4.78, 5) is 12.4. The van der Waals surface area contributed by atoms with Crippen molar-refractivity contribution in [2.75, 3.05) is 17.1 Å². The van der Waals surface area contributed by atoms with Gasteiger partial charge in [0, 0.05) is 0 Å². The van der Waals surface area contributed by atoms with Crippen LogP contribution in [-0.4, -0.2) is 27.1 Å². The van der Waals surface area contributed by atoms with Crippen molar-refractivity contribution >= 4 is 21.6 Å². The van der Waals surface area contributed by atoms with Gasteiger partial charge in [-0.2, -0.15) is 0 Å². The molecule has 0 unspecified atom stereocenters. The van der Waals surface area contributed by atoms with E-state index in [-0.39, 0.29) is 18.3 Å². The number of amides is 1. The van der Waals surface area contributed by atoms with Crippen molar-refractivity contribution in [3.8, 4) is 0 Å². The number of halogens is 1. The number of nitrogens with zero attached hydrogens (tertiary/aromatic N) is 1. The largest absolute Gasteiger partial charge is 0.348 e. The van der Waals surface area contributed by atoms with E-state index < -0.39 is 21.7 Å². The standard InChI is InChI=1S/C19H23FN2O3S/c1-13-5-6-16(11-14(13)2)15(3)21-19(23)12-22(26(4,24)25)18-9-7-17(20)8-10-18/h5-11,15H,12H2,1-4H3,(H,21,23)/t15-/m0/s1. The Kier molecular flexibility index (Phi) is 6.02. The lowest BCUT2D eigenvalue weighted by Gasteiger charge is -2.23. The molecule has 0 fully saturated rings. The van der Waals surface area contributed by atoms with Crippen molar-refractivity contribution in [2.24, 2.45) is 0 Å². The second-order valence-electron chi connectivity index (χ2n) is 6.38. The highest BCUT2D eigenvalue weighted by Gasteiger charge is 2.22. The minimum atomic E-state index is -3.69. The second-order valence-corrected chi connectivity index (χ2v) is 8.29. The molecule has 26 heavy (non-hydrogen) atoms. The Bertz CT molecular complexity index is 896. The van der Waals surface area contributed by atoms with Gasteiger partial charge in [-0.05, 0) is 61.7 Å². The molecule has 1 N–H and O–H groups in total. The first kappa shape index (κ1) is 19.9. The number of sulfonamides is 1. The molecule has 0 aliphatic heterocycles.